The molecule has 0 radical (unpaired) electrons. The zero-order valence-electron chi connectivity index (χ0n) is 12.8. The van der Waals surface area contributed by atoms with Crippen molar-refractivity contribution in [3.63, 3.8) is 0 Å². The van der Waals surface area contributed by atoms with Crippen molar-refractivity contribution in [2.75, 3.05) is 18.4 Å². The number of nitrogens with zero attached hydrogens (tertiary/aromatic N) is 2. The Morgan fingerprint density at radius 1 is 1.29 bits per heavy atom. The average molecular weight is 301 g/mol. The number of fused-ring (bicyclic) bond motifs is 1. The van der Waals surface area contributed by atoms with Gasteiger partial charge in [0.2, 0.25) is 0 Å². The van der Waals surface area contributed by atoms with Gasteiger partial charge in [-0.15, -0.1) is 11.3 Å². The number of aromatic nitrogens is 1. The maximum Gasteiger partial charge on any atom is 0.183 e. The summed E-state index contributed by atoms with van der Waals surface area (Å²) in [6, 6.07) is 11.2. The second-order valence-electron chi connectivity index (χ2n) is 5.95. The molecule has 1 aliphatic rings. The van der Waals surface area contributed by atoms with Crippen LogP contribution in [0.15, 0.2) is 30.3 Å². The Kier molecular flexibility index (Phi) is 4.56. The molecule has 4 heteroatoms. The van der Waals surface area contributed by atoms with Crippen LogP contribution in [-0.4, -0.2) is 29.0 Å². The third-order valence-electron chi connectivity index (χ3n) is 3.78. The Balaban J connectivity index is 1.58. The maximum atomic E-state index is 4.72. The first-order valence-corrected chi connectivity index (χ1v) is 8.54. The fourth-order valence-corrected chi connectivity index (χ4v) is 3.88. The molecule has 0 bridgehead atoms. The van der Waals surface area contributed by atoms with E-state index in [0.717, 1.165) is 37.6 Å². The van der Waals surface area contributed by atoms with Gasteiger partial charge >= 0.3 is 0 Å². The molecule has 21 heavy (non-hydrogen) atoms. The van der Waals surface area contributed by atoms with Crippen LogP contribution in [-0.2, 0) is 19.4 Å². The summed E-state index contributed by atoms with van der Waals surface area (Å²) in [5, 5.41) is 4.51. The molecular formula is C17H23N3S. The third-order valence-corrected chi connectivity index (χ3v) is 4.80. The summed E-state index contributed by atoms with van der Waals surface area (Å²) in [5.74, 6) is 0. The highest BCUT2D eigenvalue weighted by atomic mass is 32.1. The molecule has 0 aliphatic carbocycles. The lowest BCUT2D eigenvalue weighted by Gasteiger charge is -2.25. The second kappa shape index (κ2) is 6.58. The molecule has 1 aromatic heterocycles. The fraction of sp³-hybridized carbons (Fsp3) is 0.471. The van der Waals surface area contributed by atoms with Gasteiger partial charge in [0, 0.05) is 37.0 Å². The summed E-state index contributed by atoms with van der Waals surface area (Å²) < 4.78 is 0. The Morgan fingerprint density at radius 2 is 2.10 bits per heavy atom. The Morgan fingerprint density at radius 3 is 2.86 bits per heavy atom. The molecular weight excluding hydrogens is 278 g/mol. The molecule has 0 unspecified atom stereocenters. The first-order valence-electron chi connectivity index (χ1n) is 7.72. The molecule has 1 N–H and O–H groups in total. The summed E-state index contributed by atoms with van der Waals surface area (Å²) >= 11 is 1.83. The number of thiazole rings is 1. The summed E-state index contributed by atoms with van der Waals surface area (Å²) in [6.45, 7) is 7.64. The van der Waals surface area contributed by atoms with Crippen molar-refractivity contribution in [2.45, 2.75) is 39.3 Å². The van der Waals surface area contributed by atoms with Gasteiger partial charge in [0.25, 0.3) is 0 Å². The summed E-state index contributed by atoms with van der Waals surface area (Å²) in [6.07, 6.45) is 2.21. The van der Waals surface area contributed by atoms with Gasteiger partial charge in [-0.3, -0.25) is 4.90 Å². The first-order chi connectivity index (χ1) is 10.2. The predicted octanol–water partition coefficient (Wildman–Crippen LogP) is 3.56. The van der Waals surface area contributed by atoms with Gasteiger partial charge < -0.3 is 5.32 Å². The van der Waals surface area contributed by atoms with Crippen LogP contribution in [0.1, 0.15) is 30.0 Å². The van der Waals surface area contributed by atoms with Crippen LogP contribution in [0.3, 0.4) is 0 Å². The van der Waals surface area contributed by atoms with E-state index >= 15 is 0 Å². The van der Waals surface area contributed by atoms with Gasteiger partial charge in [0.15, 0.2) is 5.13 Å². The smallest absolute Gasteiger partial charge is 0.183 e. The van der Waals surface area contributed by atoms with E-state index in [1.807, 2.05) is 11.3 Å². The van der Waals surface area contributed by atoms with E-state index in [2.05, 4.69) is 54.4 Å². The molecule has 1 aromatic carbocycles. The van der Waals surface area contributed by atoms with Crippen LogP contribution >= 0.6 is 11.3 Å². The zero-order valence-corrected chi connectivity index (χ0v) is 13.6. The largest absolute Gasteiger partial charge is 0.359 e. The zero-order chi connectivity index (χ0) is 14.7. The van der Waals surface area contributed by atoms with E-state index < -0.39 is 0 Å². The first kappa shape index (κ1) is 14.5. The van der Waals surface area contributed by atoms with Crippen molar-refractivity contribution in [3.8, 4) is 0 Å². The van der Waals surface area contributed by atoms with Gasteiger partial charge in [0.05, 0.1) is 5.69 Å². The minimum absolute atomic E-state index is 0.451. The van der Waals surface area contributed by atoms with Gasteiger partial charge in [-0.25, -0.2) is 4.98 Å². The molecule has 0 atom stereocenters. The van der Waals surface area contributed by atoms with Crippen LogP contribution in [0.2, 0.25) is 0 Å². The monoisotopic (exact) mass is 301 g/mol. The Hall–Kier alpha value is -1.39. The Bertz CT molecular complexity index is 577. The van der Waals surface area contributed by atoms with Gasteiger partial charge in [-0.2, -0.15) is 0 Å². The van der Waals surface area contributed by atoms with Crippen LogP contribution in [0.25, 0.3) is 0 Å². The number of anilines is 1. The number of benzene rings is 1. The van der Waals surface area contributed by atoms with Crippen LogP contribution < -0.4 is 5.32 Å². The van der Waals surface area contributed by atoms with Crippen LogP contribution in [0, 0.1) is 0 Å². The molecule has 0 spiro atoms. The molecule has 2 aromatic rings. The second-order valence-corrected chi connectivity index (χ2v) is 7.03. The van der Waals surface area contributed by atoms with Crippen LogP contribution in [0.4, 0.5) is 5.13 Å². The van der Waals surface area contributed by atoms with Crippen molar-refractivity contribution >= 4 is 16.5 Å². The minimum Gasteiger partial charge on any atom is -0.359 e. The lowest BCUT2D eigenvalue weighted by Crippen LogP contribution is -2.31. The van der Waals surface area contributed by atoms with E-state index in [9.17, 15) is 0 Å². The number of hydrogen-bond acceptors (Lipinski definition) is 4. The van der Waals surface area contributed by atoms with Crippen molar-refractivity contribution in [2.24, 2.45) is 0 Å². The summed E-state index contributed by atoms with van der Waals surface area (Å²) in [7, 11) is 0. The van der Waals surface area contributed by atoms with E-state index in [4.69, 9.17) is 4.98 Å². The topological polar surface area (TPSA) is 28.2 Å². The molecule has 1 aliphatic heterocycles. The average Bonchev–Trinajstić information content (AvgIpc) is 2.86. The quantitative estimate of drug-likeness (QED) is 0.915. The molecule has 3 rings (SSSR count). The van der Waals surface area contributed by atoms with Gasteiger partial charge in [0.1, 0.15) is 0 Å². The highest BCUT2D eigenvalue weighted by Crippen LogP contribution is 2.28. The number of hydrogen-bond donors (Lipinski definition) is 1. The third kappa shape index (κ3) is 3.83. The molecule has 0 saturated heterocycles. The Labute approximate surface area is 131 Å². The molecule has 2 heterocycles. The van der Waals surface area contributed by atoms with Crippen molar-refractivity contribution in [3.05, 3.63) is 46.5 Å². The summed E-state index contributed by atoms with van der Waals surface area (Å²) in [4.78, 5) is 8.71. The normalized spacial score (nSPS) is 15.2. The fourth-order valence-electron chi connectivity index (χ4n) is 2.68. The highest BCUT2D eigenvalue weighted by molar-refractivity contribution is 7.15. The van der Waals surface area contributed by atoms with E-state index in [-0.39, 0.29) is 0 Å². The standard InChI is InChI=1S/C17H23N3S/c1-13(2)18-17-19-15-9-11-20(12-16(15)21-17)10-8-14-6-4-3-5-7-14/h3-7,13H,8-12H2,1-2H3,(H,18,19). The van der Waals surface area contributed by atoms with E-state index in [1.165, 1.54) is 16.1 Å². The lowest BCUT2D eigenvalue weighted by atomic mass is 10.1. The number of nitrogens with one attached hydrogen (secondary N) is 1. The molecule has 0 fully saturated rings. The highest BCUT2D eigenvalue weighted by Gasteiger charge is 2.20. The summed E-state index contributed by atoms with van der Waals surface area (Å²) in [5.41, 5.74) is 2.73. The number of rotatable bonds is 5. The van der Waals surface area contributed by atoms with Crippen molar-refractivity contribution in [1.29, 1.82) is 0 Å². The molecule has 3 nitrogen and oxygen atoms in total. The van der Waals surface area contributed by atoms with E-state index in [1.54, 1.807) is 0 Å². The van der Waals surface area contributed by atoms with Crippen molar-refractivity contribution < 1.29 is 0 Å². The maximum absolute atomic E-state index is 4.72. The molecule has 112 valence electrons. The molecule has 0 amide bonds. The van der Waals surface area contributed by atoms with Crippen LogP contribution in [0.5, 0.6) is 0 Å². The lowest BCUT2D eigenvalue weighted by molar-refractivity contribution is 0.259. The minimum atomic E-state index is 0.451. The van der Waals surface area contributed by atoms with Gasteiger partial charge in [-0.05, 0) is 25.8 Å². The van der Waals surface area contributed by atoms with E-state index in [0.29, 0.717) is 6.04 Å². The van der Waals surface area contributed by atoms with Gasteiger partial charge in [-0.1, -0.05) is 30.3 Å². The SMILES string of the molecule is CC(C)Nc1nc2c(s1)CN(CCc1ccccc1)CC2. The van der Waals surface area contributed by atoms with Crippen molar-refractivity contribution in [1.82, 2.24) is 9.88 Å². The predicted molar refractivity (Wildman–Crippen MR) is 90.0 cm³/mol. The molecule has 0 saturated carbocycles.